The molecule has 1 N–H and O–H groups in total. The van der Waals surface area contributed by atoms with Crippen LogP contribution in [0.3, 0.4) is 0 Å². The summed E-state index contributed by atoms with van der Waals surface area (Å²) in [6.07, 6.45) is 4.68. The monoisotopic (exact) mass is 425 g/mol. The Kier molecular flexibility index (Phi) is 5.50. The van der Waals surface area contributed by atoms with Gasteiger partial charge in [-0.15, -0.1) is 0 Å². The summed E-state index contributed by atoms with van der Waals surface area (Å²) in [5, 5.41) is 0. The molecule has 0 atom stereocenters. The van der Waals surface area contributed by atoms with Gasteiger partial charge in [0.15, 0.2) is 0 Å². The van der Waals surface area contributed by atoms with Crippen molar-refractivity contribution >= 4 is 27.3 Å². The van der Waals surface area contributed by atoms with Crippen molar-refractivity contribution < 1.29 is 17.6 Å². The van der Waals surface area contributed by atoms with E-state index in [0.29, 0.717) is 23.4 Å². The minimum atomic E-state index is -3.66. The molecular formula is C22H20FN3O3S. The lowest BCUT2D eigenvalue weighted by molar-refractivity contribution is 0.0984. The van der Waals surface area contributed by atoms with Crippen LogP contribution in [0, 0.1) is 5.82 Å². The Hall–Kier alpha value is -3.26. The second kappa shape index (κ2) is 8.23. The number of carbonyl (C=O) groups excluding carboxylic acids is 1. The number of amides is 1. The molecule has 1 aliphatic heterocycles. The number of halogens is 1. The average Bonchev–Trinajstić information content (AvgIpc) is 2.74. The van der Waals surface area contributed by atoms with Crippen LogP contribution < -0.4 is 9.62 Å². The fourth-order valence-corrected chi connectivity index (χ4v) is 4.72. The maximum atomic E-state index is 13.0. The van der Waals surface area contributed by atoms with Gasteiger partial charge in [-0.2, -0.15) is 0 Å². The number of benzene rings is 2. The van der Waals surface area contributed by atoms with Crippen LogP contribution in [0.4, 0.5) is 15.8 Å². The van der Waals surface area contributed by atoms with E-state index in [1.165, 1.54) is 30.5 Å². The van der Waals surface area contributed by atoms with Crippen LogP contribution in [0.2, 0.25) is 0 Å². The summed E-state index contributed by atoms with van der Waals surface area (Å²) in [5.41, 5.74) is 3.12. The van der Waals surface area contributed by atoms with E-state index in [2.05, 4.69) is 9.71 Å². The fraction of sp³-hybridized carbons (Fsp3) is 0.182. The smallest absolute Gasteiger partial charge is 0.259 e. The first-order valence-electron chi connectivity index (χ1n) is 9.51. The Labute approximate surface area is 174 Å². The lowest BCUT2D eigenvalue weighted by Gasteiger charge is -2.30. The molecule has 0 fully saturated rings. The zero-order valence-corrected chi connectivity index (χ0v) is 16.9. The third-order valence-electron chi connectivity index (χ3n) is 4.90. The number of fused-ring (bicyclic) bond motifs is 1. The molecule has 0 unspecified atom stereocenters. The number of aryl methyl sites for hydroxylation is 1. The normalized spacial score (nSPS) is 13.6. The largest absolute Gasteiger partial charge is 0.308 e. The van der Waals surface area contributed by atoms with Gasteiger partial charge in [0.25, 0.3) is 5.91 Å². The fourth-order valence-electron chi connectivity index (χ4n) is 3.53. The quantitative estimate of drug-likeness (QED) is 0.675. The first-order chi connectivity index (χ1) is 14.4. The van der Waals surface area contributed by atoms with Crippen LogP contribution in [0.5, 0.6) is 0 Å². The number of pyridine rings is 1. The zero-order chi connectivity index (χ0) is 21.1. The number of hydrogen-bond acceptors (Lipinski definition) is 4. The summed E-state index contributed by atoms with van der Waals surface area (Å²) in [4.78, 5) is 18.6. The standard InChI is InChI=1S/C22H20FN3O3S/c23-19-7-5-16(6-8-19)15-30(28,29)25-20-9-10-21-17(13-20)4-2-12-26(21)22(27)18-3-1-11-24-14-18/h1,3,5-11,13-14,25H,2,4,12,15H2. The number of hydrogen-bond donors (Lipinski definition) is 1. The number of nitrogens with one attached hydrogen (secondary N) is 1. The van der Waals surface area contributed by atoms with Crippen molar-refractivity contribution in [2.75, 3.05) is 16.2 Å². The summed E-state index contributed by atoms with van der Waals surface area (Å²) < 4.78 is 40.6. The predicted molar refractivity (Wildman–Crippen MR) is 113 cm³/mol. The van der Waals surface area contributed by atoms with Gasteiger partial charge < -0.3 is 4.90 Å². The van der Waals surface area contributed by atoms with Crippen LogP contribution in [0.25, 0.3) is 0 Å². The van der Waals surface area contributed by atoms with Crippen molar-refractivity contribution in [3.05, 3.63) is 89.5 Å². The summed E-state index contributed by atoms with van der Waals surface area (Å²) in [5.74, 6) is -0.798. The van der Waals surface area contributed by atoms with Gasteiger partial charge in [-0.1, -0.05) is 12.1 Å². The van der Waals surface area contributed by atoms with E-state index in [1.54, 1.807) is 41.4 Å². The van der Waals surface area contributed by atoms with E-state index in [-0.39, 0.29) is 11.7 Å². The first-order valence-corrected chi connectivity index (χ1v) is 11.2. The molecule has 0 saturated heterocycles. The van der Waals surface area contributed by atoms with Gasteiger partial charge in [-0.3, -0.25) is 14.5 Å². The van der Waals surface area contributed by atoms with E-state index < -0.39 is 15.8 Å². The maximum Gasteiger partial charge on any atom is 0.259 e. The van der Waals surface area contributed by atoms with Gasteiger partial charge in [0.2, 0.25) is 10.0 Å². The Morgan fingerprint density at radius 2 is 1.93 bits per heavy atom. The molecule has 1 aliphatic rings. The molecule has 30 heavy (non-hydrogen) atoms. The van der Waals surface area contributed by atoms with Gasteiger partial charge in [-0.05, 0) is 66.4 Å². The molecule has 0 bridgehead atoms. The molecule has 0 radical (unpaired) electrons. The molecule has 0 spiro atoms. The van der Waals surface area contributed by atoms with Crippen LogP contribution in [-0.2, 0) is 22.2 Å². The lowest BCUT2D eigenvalue weighted by Crippen LogP contribution is -2.35. The zero-order valence-electron chi connectivity index (χ0n) is 16.1. The maximum absolute atomic E-state index is 13.0. The number of sulfonamides is 1. The highest BCUT2D eigenvalue weighted by Crippen LogP contribution is 2.31. The Morgan fingerprint density at radius 3 is 2.67 bits per heavy atom. The van der Waals surface area contributed by atoms with Gasteiger partial charge in [0.05, 0.1) is 11.3 Å². The third-order valence-corrected chi connectivity index (χ3v) is 6.16. The van der Waals surface area contributed by atoms with E-state index in [0.717, 1.165) is 24.1 Å². The van der Waals surface area contributed by atoms with Crippen molar-refractivity contribution in [3.63, 3.8) is 0 Å². The molecule has 3 aromatic rings. The molecule has 0 aliphatic carbocycles. The second-order valence-corrected chi connectivity index (χ2v) is 8.86. The molecule has 6 nitrogen and oxygen atoms in total. The van der Waals surface area contributed by atoms with Crippen molar-refractivity contribution in [2.24, 2.45) is 0 Å². The summed E-state index contributed by atoms with van der Waals surface area (Å²) in [6.45, 7) is 0.594. The lowest BCUT2D eigenvalue weighted by atomic mass is 10.0. The third kappa shape index (κ3) is 4.49. The van der Waals surface area contributed by atoms with Crippen molar-refractivity contribution in [3.8, 4) is 0 Å². The molecule has 4 rings (SSSR count). The molecular weight excluding hydrogens is 405 g/mol. The Morgan fingerprint density at radius 1 is 1.13 bits per heavy atom. The molecule has 0 saturated carbocycles. The Balaban J connectivity index is 1.53. The van der Waals surface area contributed by atoms with Gasteiger partial charge in [0, 0.05) is 30.3 Å². The van der Waals surface area contributed by atoms with E-state index >= 15 is 0 Å². The van der Waals surface area contributed by atoms with Crippen molar-refractivity contribution in [1.82, 2.24) is 4.98 Å². The van der Waals surface area contributed by atoms with Crippen LogP contribution in [-0.4, -0.2) is 25.9 Å². The number of rotatable bonds is 5. The number of aromatic nitrogens is 1. The van der Waals surface area contributed by atoms with E-state index in [4.69, 9.17) is 0 Å². The highest BCUT2D eigenvalue weighted by Gasteiger charge is 2.24. The van der Waals surface area contributed by atoms with Crippen molar-refractivity contribution in [1.29, 1.82) is 0 Å². The second-order valence-electron chi connectivity index (χ2n) is 7.13. The first kappa shape index (κ1) is 20.0. The van der Waals surface area contributed by atoms with Crippen LogP contribution in [0.15, 0.2) is 67.0 Å². The molecule has 154 valence electrons. The van der Waals surface area contributed by atoms with Crippen LogP contribution in [0.1, 0.15) is 27.9 Å². The number of carbonyl (C=O) groups is 1. The summed E-state index contributed by atoms with van der Waals surface area (Å²) >= 11 is 0. The van der Waals surface area contributed by atoms with Gasteiger partial charge in [0.1, 0.15) is 5.82 Å². The summed E-state index contributed by atoms with van der Waals surface area (Å²) in [6, 6.07) is 14.0. The number of anilines is 2. The molecule has 2 aromatic carbocycles. The van der Waals surface area contributed by atoms with E-state index in [9.17, 15) is 17.6 Å². The highest BCUT2D eigenvalue weighted by molar-refractivity contribution is 7.91. The van der Waals surface area contributed by atoms with Crippen LogP contribution >= 0.6 is 0 Å². The van der Waals surface area contributed by atoms with Gasteiger partial charge >= 0.3 is 0 Å². The average molecular weight is 425 g/mol. The highest BCUT2D eigenvalue weighted by atomic mass is 32.2. The Bertz CT molecular complexity index is 1170. The minimum Gasteiger partial charge on any atom is -0.308 e. The number of nitrogens with zero attached hydrogens (tertiary/aromatic N) is 2. The molecule has 2 heterocycles. The van der Waals surface area contributed by atoms with E-state index in [1.807, 2.05) is 0 Å². The molecule has 1 amide bonds. The predicted octanol–water partition coefficient (Wildman–Crippen LogP) is 3.76. The minimum absolute atomic E-state index is 0.131. The topological polar surface area (TPSA) is 79.4 Å². The SMILES string of the molecule is O=C(c1cccnc1)N1CCCc2cc(NS(=O)(=O)Cc3ccc(F)cc3)ccc21. The van der Waals surface area contributed by atoms with Gasteiger partial charge in [-0.25, -0.2) is 12.8 Å². The van der Waals surface area contributed by atoms with Crippen molar-refractivity contribution in [2.45, 2.75) is 18.6 Å². The molecule has 1 aromatic heterocycles. The molecule has 8 heteroatoms. The summed E-state index contributed by atoms with van der Waals surface area (Å²) in [7, 11) is -3.66.